The van der Waals surface area contributed by atoms with Crippen molar-refractivity contribution in [3.8, 4) is 5.75 Å². The number of para-hydroxylation sites is 1. The molecule has 3 rings (SSSR count). The monoisotopic (exact) mass is 303 g/mol. The summed E-state index contributed by atoms with van der Waals surface area (Å²) in [7, 11) is 0. The molecule has 0 saturated heterocycles. The summed E-state index contributed by atoms with van der Waals surface area (Å²) in [5, 5.41) is 12.4. The summed E-state index contributed by atoms with van der Waals surface area (Å²) >= 11 is 1.32. The highest BCUT2D eigenvalue weighted by Gasteiger charge is 2.21. The number of hydrogen-bond acceptors (Lipinski definition) is 4. The van der Waals surface area contributed by atoms with E-state index in [0.717, 1.165) is 29.2 Å². The highest BCUT2D eigenvalue weighted by Crippen LogP contribution is 2.28. The van der Waals surface area contributed by atoms with Crippen LogP contribution in [0.4, 0.5) is 0 Å². The van der Waals surface area contributed by atoms with Crippen LogP contribution in [0, 0.1) is 6.92 Å². The van der Waals surface area contributed by atoms with Gasteiger partial charge in [-0.25, -0.2) is 4.79 Å². The van der Waals surface area contributed by atoms with Gasteiger partial charge in [0.05, 0.1) is 0 Å². The number of ether oxygens (including phenoxy) is 1. The molecule has 1 unspecified atom stereocenters. The summed E-state index contributed by atoms with van der Waals surface area (Å²) in [6.07, 6.45) is 1.08. The Bertz CT molecular complexity index is 640. The lowest BCUT2D eigenvalue weighted by molar-refractivity contribution is 0.0702. The molecule has 2 heterocycles. The van der Waals surface area contributed by atoms with Crippen LogP contribution in [0.15, 0.2) is 30.3 Å². The molecule has 2 N–H and O–H groups in total. The standard InChI is InChI=1S/C16H17NO3S/c1-10-12(7-15(21-10)16(18)19)8-17-9-13-6-11-4-2-3-5-14(11)20-13/h2-5,7,13,17H,6,8-9H2,1H3,(H,18,19). The van der Waals surface area contributed by atoms with E-state index < -0.39 is 5.97 Å². The van der Waals surface area contributed by atoms with Gasteiger partial charge in [-0.15, -0.1) is 11.3 Å². The van der Waals surface area contributed by atoms with E-state index >= 15 is 0 Å². The summed E-state index contributed by atoms with van der Waals surface area (Å²) in [6, 6.07) is 9.85. The number of benzene rings is 1. The molecule has 110 valence electrons. The molecular weight excluding hydrogens is 286 g/mol. The van der Waals surface area contributed by atoms with Gasteiger partial charge < -0.3 is 15.2 Å². The first-order valence-corrected chi connectivity index (χ1v) is 7.73. The molecule has 0 saturated carbocycles. The van der Waals surface area contributed by atoms with E-state index in [2.05, 4.69) is 11.4 Å². The van der Waals surface area contributed by atoms with E-state index in [9.17, 15) is 4.79 Å². The highest BCUT2D eigenvalue weighted by atomic mass is 32.1. The largest absolute Gasteiger partial charge is 0.488 e. The van der Waals surface area contributed by atoms with E-state index in [0.29, 0.717) is 11.4 Å². The van der Waals surface area contributed by atoms with E-state index in [-0.39, 0.29) is 6.10 Å². The molecule has 21 heavy (non-hydrogen) atoms. The van der Waals surface area contributed by atoms with Gasteiger partial charge in [-0.3, -0.25) is 0 Å². The van der Waals surface area contributed by atoms with Crippen molar-refractivity contribution < 1.29 is 14.6 Å². The number of carboxylic acid groups (broad SMARTS) is 1. The van der Waals surface area contributed by atoms with Crippen LogP contribution < -0.4 is 10.1 Å². The Balaban J connectivity index is 1.52. The lowest BCUT2D eigenvalue weighted by atomic mass is 10.1. The Kier molecular flexibility index (Phi) is 3.94. The van der Waals surface area contributed by atoms with Gasteiger partial charge >= 0.3 is 5.97 Å². The van der Waals surface area contributed by atoms with Crippen molar-refractivity contribution in [2.75, 3.05) is 6.54 Å². The quantitative estimate of drug-likeness (QED) is 0.892. The van der Waals surface area contributed by atoms with Gasteiger partial charge in [-0.2, -0.15) is 0 Å². The van der Waals surface area contributed by atoms with Gasteiger partial charge in [0.25, 0.3) is 0 Å². The van der Waals surface area contributed by atoms with Crippen LogP contribution in [-0.2, 0) is 13.0 Å². The molecule has 0 amide bonds. The van der Waals surface area contributed by atoms with E-state index in [1.165, 1.54) is 16.9 Å². The smallest absolute Gasteiger partial charge is 0.345 e. The fourth-order valence-corrected chi connectivity index (χ4v) is 3.42. The minimum atomic E-state index is -0.857. The summed E-state index contributed by atoms with van der Waals surface area (Å²) < 4.78 is 5.86. The second-order valence-electron chi connectivity index (χ2n) is 5.18. The number of thiophene rings is 1. The lowest BCUT2D eigenvalue weighted by Crippen LogP contribution is -2.29. The molecule has 1 aromatic carbocycles. The van der Waals surface area contributed by atoms with E-state index in [4.69, 9.17) is 9.84 Å². The van der Waals surface area contributed by atoms with Crippen LogP contribution in [0.5, 0.6) is 5.75 Å². The number of nitrogens with one attached hydrogen (secondary N) is 1. The summed E-state index contributed by atoms with van der Waals surface area (Å²) in [5.41, 5.74) is 2.30. The van der Waals surface area contributed by atoms with Crippen LogP contribution in [0.25, 0.3) is 0 Å². The molecule has 0 radical (unpaired) electrons. The van der Waals surface area contributed by atoms with Crippen LogP contribution >= 0.6 is 11.3 Å². The number of aryl methyl sites for hydroxylation is 1. The van der Waals surface area contributed by atoms with Crippen molar-refractivity contribution >= 4 is 17.3 Å². The molecule has 0 bridgehead atoms. The van der Waals surface area contributed by atoms with Crippen molar-refractivity contribution in [3.63, 3.8) is 0 Å². The first kappa shape index (κ1) is 14.1. The Labute approximate surface area is 127 Å². The van der Waals surface area contributed by atoms with Crippen LogP contribution in [0.2, 0.25) is 0 Å². The van der Waals surface area contributed by atoms with E-state index in [1.807, 2.05) is 25.1 Å². The SMILES string of the molecule is Cc1sc(C(=O)O)cc1CNCC1Cc2ccccc2O1. The Morgan fingerprint density at radius 3 is 3.00 bits per heavy atom. The molecular formula is C16H17NO3S. The predicted octanol–water partition coefficient (Wildman–Crippen LogP) is 2.85. The average Bonchev–Trinajstić information content (AvgIpc) is 3.02. The topological polar surface area (TPSA) is 58.6 Å². The third-order valence-corrected chi connectivity index (χ3v) is 4.71. The van der Waals surface area contributed by atoms with Gasteiger partial charge in [0.2, 0.25) is 0 Å². The summed E-state index contributed by atoms with van der Waals surface area (Å²) in [4.78, 5) is 12.4. The molecule has 2 aromatic rings. The van der Waals surface area contributed by atoms with Gasteiger partial charge in [0.1, 0.15) is 16.7 Å². The normalized spacial score (nSPS) is 16.5. The highest BCUT2D eigenvalue weighted by molar-refractivity contribution is 7.14. The zero-order chi connectivity index (χ0) is 14.8. The maximum Gasteiger partial charge on any atom is 0.345 e. The molecule has 1 aliphatic rings. The first-order chi connectivity index (χ1) is 10.1. The van der Waals surface area contributed by atoms with Crippen molar-refractivity contribution in [3.05, 3.63) is 51.2 Å². The molecule has 1 aromatic heterocycles. The second-order valence-corrected chi connectivity index (χ2v) is 6.44. The lowest BCUT2D eigenvalue weighted by Gasteiger charge is -2.11. The Morgan fingerprint density at radius 1 is 1.48 bits per heavy atom. The number of hydrogen-bond donors (Lipinski definition) is 2. The van der Waals surface area contributed by atoms with E-state index in [1.54, 1.807) is 6.07 Å². The number of fused-ring (bicyclic) bond motifs is 1. The van der Waals surface area contributed by atoms with Crippen molar-refractivity contribution in [2.45, 2.75) is 26.0 Å². The van der Waals surface area contributed by atoms with Crippen LogP contribution in [0.1, 0.15) is 25.7 Å². The zero-order valence-corrected chi connectivity index (χ0v) is 12.6. The van der Waals surface area contributed by atoms with Gasteiger partial charge in [-0.05, 0) is 30.2 Å². The zero-order valence-electron chi connectivity index (χ0n) is 11.8. The molecule has 0 fully saturated rings. The summed E-state index contributed by atoms with van der Waals surface area (Å²) in [6.45, 7) is 3.38. The first-order valence-electron chi connectivity index (χ1n) is 6.91. The number of carbonyl (C=O) groups is 1. The third-order valence-electron chi connectivity index (χ3n) is 3.63. The molecule has 1 aliphatic heterocycles. The minimum Gasteiger partial charge on any atom is -0.488 e. The maximum atomic E-state index is 10.9. The van der Waals surface area contributed by atoms with Crippen molar-refractivity contribution in [1.29, 1.82) is 0 Å². The number of rotatable bonds is 5. The van der Waals surface area contributed by atoms with Gasteiger partial charge in [0.15, 0.2) is 0 Å². The predicted molar refractivity (Wildman–Crippen MR) is 82.3 cm³/mol. The Hall–Kier alpha value is -1.85. The Morgan fingerprint density at radius 2 is 2.29 bits per heavy atom. The van der Waals surface area contributed by atoms with Crippen molar-refractivity contribution in [2.24, 2.45) is 0 Å². The minimum absolute atomic E-state index is 0.153. The van der Waals surface area contributed by atoms with Gasteiger partial charge in [-0.1, -0.05) is 18.2 Å². The van der Waals surface area contributed by atoms with Crippen LogP contribution in [-0.4, -0.2) is 23.7 Å². The maximum absolute atomic E-state index is 10.9. The molecule has 0 spiro atoms. The fourth-order valence-electron chi connectivity index (χ4n) is 2.54. The van der Waals surface area contributed by atoms with Crippen molar-refractivity contribution in [1.82, 2.24) is 5.32 Å². The van der Waals surface area contributed by atoms with Crippen LogP contribution in [0.3, 0.4) is 0 Å². The second kappa shape index (κ2) is 5.87. The number of aromatic carboxylic acids is 1. The molecule has 0 aliphatic carbocycles. The number of carboxylic acids is 1. The third kappa shape index (κ3) is 3.09. The van der Waals surface area contributed by atoms with Gasteiger partial charge in [0, 0.05) is 24.4 Å². The molecule has 4 nitrogen and oxygen atoms in total. The molecule has 1 atom stereocenters. The summed E-state index contributed by atoms with van der Waals surface area (Å²) in [5.74, 6) is 0.119. The fraction of sp³-hybridized carbons (Fsp3) is 0.312. The average molecular weight is 303 g/mol. The molecule has 5 heteroatoms.